The number of piperazine rings is 1. The Balaban J connectivity index is 1.25. The van der Waals surface area contributed by atoms with Crippen LogP contribution in [-0.4, -0.2) is 85.8 Å². The molecule has 0 radical (unpaired) electrons. The predicted octanol–water partition coefficient (Wildman–Crippen LogP) is 4.68. The van der Waals surface area contributed by atoms with Gasteiger partial charge in [0.05, 0.1) is 29.1 Å². The zero-order chi connectivity index (χ0) is 26.6. The smallest absolute Gasteiger partial charge is 0.231 e. The molecule has 0 bridgehead atoms. The molecule has 3 aromatic rings. The highest BCUT2D eigenvalue weighted by Gasteiger charge is 2.24. The third-order valence-electron chi connectivity index (χ3n) is 7.29. The molecule has 3 aliphatic rings. The van der Waals surface area contributed by atoms with Crippen molar-refractivity contribution in [1.29, 1.82) is 0 Å². The molecule has 208 valence electrons. The number of fused-ring (bicyclic) bond motifs is 2. The van der Waals surface area contributed by atoms with Crippen LogP contribution in [0.2, 0.25) is 5.02 Å². The number of likely N-dealkylation sites (N-methyl/N-ethyl adjacent to an activating group) is 1. The third-order valence-corrected chi connectivity index (χ3v) is 7.60. The Morgan fingerprint density at radius 1 is 1.10 bits per heavy atom. The minimum atomic E-state index is -0.344. The van der Waals surface area contributed by atoms with Gasteiger partial charge in [0.15, 0.2) is 17.8 Å². The van der Waals surface area contributed by atoms with Crippen molar-refractivity contribution >= 4 is 34.0 Å². The summed E-state index contributed by atoms with van der Waals surface area (Å²) in [5, 5.41) is 4.55. The van der Waals surface area contributed by atoms with Crippen molar-refractivity contribution in [2.24, 2.45) is 0 Å². The van der Waals surface area contributed by atoms with E-state index >= 15 is 0 Å². The van der Waals surface area contributed by atoms with Gasteiger partial charge in [-0.2, -0.15) is 0 Å². The van der Waals surface area contributed by atoms with Crippen molar-refractivity contribution in [1.82, 2.24) is 19.8 Å². The van der Waals surface area contributed by atoms with Gasteiger partial charge < -0.3 is 38.8 Å². The molecule has 39 heavy (non-hydrogen) atoms. The second-order valence-electron chi connectivity index (χ2n) is 10.1. The van der Waals surface area contributed by atoms with Crippen LogP contribution in [-0.2, 0) is 4.74 Å². The van der Waals surface area contributed by atoms with E-state index in [-0.39, 0.29) is 13.1 Å². The lowest BCUT2D eigenvalue weighted by atomic mass is 10.1. The molecule has 1 unspecified atom stereocenters. The fourth-order valence-electron chi connectivity index (χ4n) is 5.08. The minimum Gasteiger partial charge on any atom is -0.493 e. The third kappa shape index (κ3) is 6.09. The minimum absolute atomic E-state index is 0.137. The van der Waals surface area contributed by atoms with Crippen LogP contribution in [0.15, 0.2) is 30.6 Å². The van der Waals surface area contributed by atoms with Crippen molar-refractivity contribution in [2.45, 2.75) is 32.0 Å². The first-order chi connectivity index (χ1) is 19.1. The summed E-state index contributed by atoms with van der Waals surface area (Å²) in [4.78, 5) is 13.9. The van der Waals surface area contributed by atoms with Crippen LogP contribution in [0.4, 0.5) is 11.5 Å². The number of aromatic nitrogens is 2. The Kier molecular flexibility index (Phi) is 8.05. The molecule has 0 saturated carbocycles. The molecule has 2 fully saturated rings. The molecule has 1 N–H and O–H groups in total. The van der Waals surface area contributed by atoms with Crippen LogP contribution < -0.4 is 24.3 Å². The van der Waals surface area contributed by atoms with E-state index in [2.05, 4.69) is 32.1 Å². The number of rotatable bonds is 9. The molecule has 0 aliphatic carbocycles. The molecule has 4 heterocycles. The summed E-state index contributed by atoms with van der Waals surface area (Å²) in [5.41, 5.74) is 1.27. The van der Waals surface area contributed by atoms with Gasteiger partial charge in [0.2, 0.25) is 6.79 Å². The van der Waals surface area contributed by atoms with Gasteiger partial charge in [-0.1, -0.05) is 11.6 Å². The van der Waals surface area contributed by atoms with Gasteiger partial charge in [0.25, 0.3) is 0 Å². The lowest BCUT2D eigenvalue weighted by Crippen LogP contribution is -2.44. The SMILES string of the molecule is CN1CCN(CCCOc2cc(OC3CCCCO3)c3c(Nc4c(Cl)ccc5c4OCO5)ncnc3c2)CC1. The van der Waals surface area contributed by atoms with Gasteiger partial charge in [-0.3, -0.25) is 0 Å². The van der Waals surface area contributed by atoms with E-state index in [1.807, 2.05) is 12.1 Å². The number of nitrogens with zero attached hydrogens (tertiary/aromatic N) is 4. The molecule has 1 aromatic heterocycles. The Morgan fingerprint density at radius 2 is 2.00 bits per heavy atom. The Morgan fingerprint density at radius 3 is 2.85 bits per heavy atom. The zero-order valence-corrected chi connectivity index (χ0v) is 22.9. The van der Waals surface area contributed by atoms with Gasteiger partial charge >= 0.3 is 0 Å². The van der Waals surface area contributed by atoms with Crippen LogP contribution in [0.5, 0.6) is 23.0 Å². The summed E-state index contributed by atoms with van der Waals surface area (Å²) in [6.45, 7) is 6.87. The number of hydrogen-bond acceptors (Lipinski definition) is 10. The van der Waals surface area contributed by atoms with E-state index in [0.29, 0.717) is 63.6 Å². The largest absolute Gasteiger partial charge is 0.493 e. The van der Waals surface area contributed by atoms with Gasteiger partial charge in [0.1, 0.15) is 29.3 Å². The quantitative estimate of drug-likeness (QED) is 0.375. The van der Waals surface area contributed by atoms with E-state index in [1.54, 1.807) is 12.1 Å². The normalized spacial score (nSPS) is 19.8. The number of ether oxygens (including phenoxy) is 5. The average Bonchev–Trinajstić information content (AvgIpc) is 3.43. The maximum Gasteiger partial charge on any atom is 0.231 e. The molecule has 6 rings (SSSR count). The molecular formula is C28H34ClN5O5. The summed E-state index contributed by atoms with van der Waals surface area (Å²) < 4.78 is 29.7. The van der Waals surface area contributed by atoms with E-state index in [9.17, 15) is 0 Å². The van der Waals surface area contributed by atoms with E-state index in [0.717, 1.165) is 58.4 Å². The molecular weight excluding hydrogens is 522 g/mol. The summed E-state index contributed by atoms with van der Waals surface area (Å²) >= 11 is 6.55. The molecule has 0 spiro atoms. The lowest BCUT2D eigenvalue weighted by molar-refractivity contribution is -0.105. The van der Waals surface area contributed by atoms with Gasteiger partial charge in [-0.15, -0.1) is 0 Å². The van der Waals surface area contributed by atoms with Crippen LogP contribution in [0.1, 0.15) is 25.7 Å². The molecule has 2 aromatic carbocycles. The first kappa shape index (κ1) is 26.2. The van der Waals surface area contributed by atoms with Crippen LogP contribution in [0, 0.1) is 0 Å². The maximum absolute atomic E-state index is 6.55. The Bertz CT molecular complexity index is 1300. The zero-order valence-electron chi connectivity index (χ0n) is 22.2. The highest BCUT2D eigenvalue weighted by atomic mass is 35.5. The van der Waals surface area contributed by atoms with Crippen LogP contribution in [0.25, 0.3) is 10.9 Å². The Labute approximate surface area is 233 Å². The topological polar surface area (TPSA) is 90.4 Å². The van der Waals surface area contributed by atoms with Crippen molar-refractivity contribution in [3.05, 3.63) is 35.6 Å². The maximum atomic E-state index is 6.55. The average molecular weight is 556 g/mol. The molecule has 3 aliphatic heterocycles. The lowest BCUT2D eigenvalue weighted by Gasteiger charge is -2.32. The summed E-state index contributed by atoms with van der Waals surface area (Å²) in [5.74, 6) is 3.01. The Hall–Kier alpha value is -3.05. The number of benzene rings is 2. The van der Waals surface area contributed by atoms with Crippen molar-refractivity contribution < 1.29 is 23.7 Å². The highest BCUT2D eigenvalue weighted by Crippen LogP contribution is 2.46. The molecule has 2 saturated heterocycles. The fourth-order valence-corrected chi connectivity index (χ4v) is 5.28. The summed E-state index contributed by atoms with van der Waals surface area (Å²) in [6.07, 6.45) is 5.01. The number of anilines is 2. The van der Waals surface area contributed by atoms with Gasteiger partial charge in [-0.25, -0.2) is 9.97 Å². The van der Waals surface area contributed by atoms with Crippen LogP contribution >= 0.6 is 11.6 Å². The van der Waals surface area contributed by atoms with Crippen molar-refractivity contribution in [2.75, 3.05) is 65.1 Å². The van der Waals surface area contributed by atoms with E-state index in [4.69, 9.17) is 35.3 Å². The van der Waals surface area contributed by atoms with Crippen LogP contribution in [0.3, 0.4) is 0 Å². The second kappa shape index (κ2) is 12.0. The molecule has 10 nitrogen and oxygen atoms in total. The predicted molar refractivity (Wildman–Crippen MR) is 149 cm³/mol. The number of nitrogens with one attached hydrogen (secondary N) is 1. The number of halogens is 1. The monoisotopic (exact) mass is 555 g/mol. The van der Waals surface area contributed by atoms with Gasteiger partial charge in [-0.05, 0) is 38.4 Å². The van der Waals surface area contributed by atoms with E-state index < -0.39 is 0 Å². The fraction of sp³-hybridized carbons (Fsp3) is 0.500. The highest BCUT2D eigenvalue weighted by molar-refractivity contribution is 6.34. The second-order valence-corrected chi connectivity index (χ2v) is 10.5. The molecule has 11 heteroatoms. The molecule has 0 amide bonds. The molecule has 1 atom stereocenters. The van der Waals surface area contributed by atoms with Crippen molar-refractivity contribution in [3.8, 4) is 23.0 Å². The van der Waals surface area contributed by atoms with E-state index in [1.165, 1.54) is 6.33 Å². The number of hydrogen-bond donors (Lipinski definition) is 1. The van der Waals surface area contributed by atoms with Gasteiger partial charge in [0, 0.05) is 51.3 Å². The summed E-state index contributed by atoms with van der Waals surface area (Å²) in [6, 6.07) is 7.38. The van der Waals surface area contributed by atoms with Crippen molar-refractivity contribution in [3.63, 3.8) is 0 Å². The first-order valence-electron chi connectivity index (χ1n) is 13.6. The summed E-state index contributed by atoms with van der Waals surface area (Å²) in [7, 11) is 2.17. The standard InChI is InChI=1S/C28H34ClN5O5/c1-33-9-11-34(12-10-33)8-4-14-35-19-15-21-25(23(16-19)39-24-5-2-3-13-36-24)28(31-17-30-21)32-26-20(29)6-7-22-27(26)38-18-37-22/h6-7,15-17,24H,2-5,8-14,18H2,1H3,(H,30,31,32). The first-order valence-corrected chi connectivity index (χ1v) is 14.0.